The fourth-order valence-corrected chi connectivity index (χ4v) is 1.53. The van der Waals surface area contributed by atoms with E-state index in [1.807, 2.05) is 0 Å². The molecule has 0 aromatic carbocycles. The van der Waals surface area contributed by atoms with E-state index in [1.165, 1.54) is 12.8 Å². The third-order valence-corrected chi connectivity index (χ3v) is 2.19. The van der Waals surface area contributed by atoms with E-state index in [0.29, 0.717) is 25.9 Å². The molecule has 0 aliphatic carbocycles. The number of nitrogens with one attached hydrogen (secondary N) is 1. The van der Waals surface area contributed by atoms with Crippen molar-refractivity contribution in [1.29, 1.82) is 0 Å². The number of rotatable bonds is 3. The minimum atomic E-state index is -0.410. The molecule has 5 heteroatoms. The lowest BCUT2D eigenvalue weighted by Crippen LogP contribution is -2.31. The minimum Gasteiger partial charge on any atom is -0.384 e. The summed E-state index contributed by atoms with van der Waals surface area (Å²) >= 11 is 0. The molecular formula is C7H14BNO3. The van der Waals surface area contributed by atoms with E-state index >= 15 is 0 Å². The SMILES string of the molecule is C1CNC(COB2OCCO2)C1. The van der Waals surface area contributed by atoms with Gasteiger partial charge in [0.15, 0.2) is 0 Å². The van der Waals surface area contributed by atoms with Gasteiger partial charge >= 0.3 is 7.32 Å². The summed E-state index contributed by atoms with van der Waals surface area (Å²) in [5, 5.41) is 3.34. The van der Waals surface area contributed by atoms with Crippen LogP contribution in [0.2, 0.25) is 0 Å². The van der Waals surface area contributed by atoms with Crippen LogP contribution in [-0.4, -0.2) is 39.7 Å². The Morgan fingerprint density at radius 2 is 2.25 bits per heavy atom. The average Bonchev–Trinajstić information content (AvgIpc) is 2.74. The molecule has 0 aromatic rings. The molecule has 68 valence electrons. The zero-order chi connectivity index (χ0) is 8.23. The minimum absolute atomic E-state index is 0.410. The van der Waals surface area contributed by atoms with Gasteiger partial charge in [-0.25, -0.2) is 0 Å². The van der Waals surface area contributed by atoms with Crippen molar-refractivity contribution in [3.05, 3.63) is 0 Å². The summed E-state index contributed by atoms with van der Waals surface area (Å²) in [6.07, 6.45) is 2.45. The number of hydrogen-bond acceptors (Lipinski definition) is 4. The zero-order valence-corrected chi connectivity index (χ0v) is 7.12. The van der Waals surface area contributed by atoms with Crippen molar-refractivity contribution < 1.29 is 14.0 Å². The molecule has 1 N–H and O–H groups in total. The van der Waals surface area contributed by atoms with Gasteiger partial charge in [0.2, 0.25) is 0 Å². The number of hydrogen-bond donors (Lipinski definition) is 1. The van der Waals surface area contributed by atoms with Gasteiger partial charge < -0.3 is 19.3 Å². The van der Waals surface area contributed by atoms with E-state index in [-0.39, 0.29) is 0 Å². The molecule has 12 heavy (non-hydrogen) atoms. The normalized spacial score (nSPS) is 30.0. The van der Waals surface area contributed by atoms with Crippen LogP contribution >= 0.6 is 0 Å². The molecule has 0 amide bonds. The van der Waals surface area contributed by atoms with Crippen LogP contribution in [0.3, 0.4) is 0 Å². The van der Waals surface area contributed by atoms with Crippen LogP contribution in [0.25, 0.3) is 0 Å². The molecule has 2 saturated heterocycles. The monoisotopic (exact) mass is 171 g/mol. The van der Waals surface area contributed by atoms with Crippen LogP contribution < -0.4 is 5.32 Å². The molecule has 2 rings (SSSR count). The van der Waals surface area contributed by atoms with Crippen LogP contribution in [0, 0.1) is 0 Å². The molecule has 2 heterocycles. The highest BCUT2D eigenvalue weighted by Crippen LogP contribution is 2.07. The molecule has 2 fully saturated rings. The van der Waals surface area contributed by atoms with Crippen LogP contribution in [-0.2, 0) is 14.0 Å². The summed E-state index contributed by atoms with van der Waals surface area (Å²) in [6.45, 7) is 3.12. The highest BCUT2D eigenvalue weighted by molar-refractivity contribution is 6.36. The van der Waals surface area contributed by atoms with E-state index in [9.17, 15) is 0 Å². The maximum atomic E-state index is 5.38. The highest BCUT2D eigenvalue weighted by Gasteiger charge is 2.28. The lowest BCUT2D eigenvalue weighted by molar-refractivity contribution is 0.164. The largest absolute Gasteiger partial charge is 0.639 e. The summed E-state index contributed by atoms with van der Waals surface area (Å²) in [5.74, 6) is 0. The van der Waals surface area contributed by atoms with Gasteiger partial charge in [-0.3, -0.25) is 0 Å². The van der Waals surface area contributed by atoms with Crippen molar-refractivity contribution in [2.24, 2.45) is 0 Å². The first-order valence-corrected chi connectivity index (χ1v) is 4.53. The van der Waals surface area contributed by atoms with Crippen molar-refractivity contribution in [2.45, 2.75) is 18.9 Å². The summed E-state index contributed by atoms with van der Waals surface area (Å²) in [4.78, 5) is 0. The van der Waals surface area contributed by atoms with Crippen molar-refractivity contribution in [1.82, 2.24) is 5.32 Å². The molecule has 0 saturated carbocycles. The molecule has 2 aliphatic rings. The van der Waals surface area contributed by atoms with E-state index in [0.717, 1.165) is 6.54 Å². The molecule has 0 radical (unpaired) electrons. The van der Waals surface area contributed by atoms with E-state index in [2.05, 4.69) is 5.32 Å². The standard InChI is InChI=1S/C7H14BNO3/c1-2-7(9-3-1)6-12-8-10-4-5-11-8/h7,9H,1-6H2. The Kier molecular flexibility index (Phi) is 3.00. The van der Waals surface area contributed by atoms with Gasteiger partial charge in [-0.15, -0.1) is 0 Å². The maximum Gasteiger partial charge on any atom is 0.639 e. The van der Waals surface area contributed by atoms with Crippen LogP contribution in [0.5, 0.6) is 0 Å². The molecule has 1 unspecified atom stereocenters. The summed E-state index contributed by atoms with van der Waals surface area (Å²) in [7, 11) is -0.410. The summed E-state index contributed by atoms with van der Waals surface area (Å²) < 4.78 is 15.7. The van der Waals surface area contributed by atoms with Crippen molar-refractivity contribution in [3.63, 3.8) is 0 Å². The van der Waals surface area contributed by atoms with E-state index in [4.69, 9.17) is 14.0 Å². The summed E-state index contributed by atoms with van der Waals surface area (Å²) in [6, 6.07) is 0.498. The van der Waals surface area contributed by atoms with Gasteiger partial charge in [0.05, 0.1) is 13.2 Å². The lowest BCUT2D eigenvalue weighted by atomic mass is 10.2. The van der Waals surface area contributed by atoms with Gasteiger partial charge in [-0.2, -0.15) is 0 Å². The molecule has 1 atom stereocenters. The van der Waals surface area contributed by atoms with Crippen molar-refractivity contribution in [3.8, 4) is 0 Å². The third kappa shape index (κ3) is 2.20. The lowest BCUT2D eigenvalue weighted by Gasteiger charge is -2.11. The molecule has 0 aromatic heterocycles. The van der Waals surface area contributed by atoms with Crippen LogP contribution in [0.4, 0.5) is 0 Å². The third-order valence-electron chi connectivity index (χ3n) is 2.19. The molecule has 0 spiro atoms. The Balaban J connectivity index is 1.60. The molecule has 4 nitrogen and oxygen atoms in total. The second kappa shape index (κ2) is 4.23. The summed E-state index contributed by atoms with van der Waals surface area (Å²) in [5.41, 5.74) is 0. The predicted molar refractivity (Wildman–Crippen MR) is 44.6 cm³/mol. The first kappa shape index (κ1) is 8.50. The Morgan fingerprint density at radius 3 is 2.92 bits per heavy atom. The Morgan fingerprint density at radius 1 is 1.42 bits per heavy atom. The first-order valence-electron chi connectivity index (χ1n) is 4.53. The van der Waals surface area contributed by atoms with Gasteiger partial charge in [0.25, 0.3) is 0 Å². The first-order chi connectivity index (χ1) is 5.95. The van der Waals surface area contributed by atoms with Crippen molar-refractivity contribution in [2.75, 3.05) is 26.4 Å². The molecule has 0 bridgehead atoms. The van der Waals surface area contributed by atoms with Crippen molar-refractivity contribution >= 4 is 7.32 Å². The van der Waals surface area contributed by atoms with Crippen LogP contribution in [0.15, 0.2) is 0 Å². The fraction of sp³-hybridized carbons (Fsp3) is 1.00. The second-order valence-corrected chi connectivity index (χ2v) is 3.16. The van der Waals surface area contributed by atoms with Crippen LogP contribution in [0.1, 0.15) is 12.8 Å². The zero-order valence-electron chi connectivity index (χ0n) is 7.12. The van der Waals surface area contributed by atoms with Gasteiger partial charge in [0.1, 0.15) is 0 Å². The Hall–Kier alpha value is -0.0951. The second-order valence-electron chi connectivity index (χ2n) is 3.16. The topological polar surface area (TPSA) is 39.7 Å². The quantitative estimate of drug-likeness (QED) is 0.596. The average molecular weight is 171 g/mol. The Labute approximate surface area is 72.7 Å². The Bertz CT molecular complexity index is 119. The molecule has 2 aliphatic heterocycles. The molecular weight excluding hydrogens is 157 g/mol. The van der Waals surface area contributed by atoms with Gasteiger partial charge in [0, 0.05) is 12.6 Å². The van der Waals surface area contributed by atoms with Gasteiger partial charge in [-0.05, 0) is 19.4 Å². The smallest absolute Gasteiger partial charge is 0.384 e. The highest BCUT2D eigenvalue weighted by atomic mass is 16.8. The maximum absolute atomic E-state index is 5.38. The van der Waals surface area contributed by atoms with E-state index in [1.54, 1.807) is 0 Å². The van der Waals surface area contributed by atoms with E-state index < -0.39 is 7.32 Å². The predicted octanol–water partition coefficient (Wildman–Crippen LogP) is -0.213. The van der Waals surface area contributed by atoms with Gasteiger partial charge in [-0.1, -0.05) is 0 Å². The fourth-order valence-electron chi connectivity index (χ4n) is 1.53.